The van der Waals surface area contributed by atoms with Crippen LogP contribution in [0.4, 0.5) is 0 Å². The first kappa shape index (κ1) is 9.43. The molecule has 0 radical (unpaired) electrons. The summed E-state index contributed by atoms with van der Waals surface area (Å²) in [5, 5.41) is 8.94. The average Bonchev–Trinajstić information content (AvgIpc) is 2.06. The van der Waals surface area contributed by atoms with Crippen molar-refractivity contribution in [1.82, 2.24) is 0 Å². The summed E-state index contributed by atoms with van der Waals surface area (Å²) in [5.74, 6) is 0.182. The standard InChI is InChI=1S/C8H11AsO3/c1-2-12-9(11)7-3-5-8(10)6-4-7/h3-6,9-10H,2H2,1H3. The van der Waals surface area contributed by atoms with Crippen molar-refractivity contribution in [3.05, 3.63) is 24.3 Å². The molecular weight excluding hydrogens is 219 g/mol. The second-order valence-corrected chi connectivity index (χ2v) is 5.29. The summed E-state index contributed by atoms with van der Waals surface area (Å²) in [6.07, 6.45) is 0. The first-order chi connectivity index (χ1) is 5.74. The van der Waals surface area contributed by atoms with E-state index in [1.54, 1.807) is 12.1 Å². The van der Waals surface area contributed by atoms with Crippen molar-refractivity contribution >= 4 is 19.3 Å². The number of hydrogen-bond acceptors (Lipinski definition) is 3. The normalized spacial score (nSPS) is 12.8. The molecule has 0 amide bonds. The maximum absolute atomic E-state index is 11.3. The second-order valence-electron chi connectivity index (χ2n) is 2.27. The van der Waals surface area contributed by atoms with E-state index in [-0.39, 0.29) is 5.75 Å². The zero-order valence-electron chi connectivity index (χ0n) is 6.78. The summed E-state index contributed by atoms with van der Waals surface area (Å²) >= 11 is -2.70. The second kappa shape index (κ2) is 4.39. The molecule has 66 valence electrons. The van der Waals surface area contributed by atoms with Crippen LogP contribution < -0.4 is 4.35 Å². The van der Waals surface area contributed by atoms with Gasteiger partial charge in [-0.15, -0.1) is 0 Å². The van der Waals surface area contributed by atoms with E-state index >= 15 is 0 Å². The molecule has 1 unspecified atom stereocenters. The van der Waals surface area contributed by atoms with Crippen LogP contribution in [0.25, 0.3) is 0 Å². The minimum absolute atomic E-state index is 0.182. The first-order valence-corrected chi connectivity index (χ1v) is 6.46. The van der Waals surface area contributed by atoms with Gasteiger partial charge >= 0.3 is 75.4 Å². The molecule has 1 N–H and O–H groups in total. The van der Waals surface area contributed by atoms with E-state index in [9.17, 15) is 3.74 Å². The van der Waals surface area contributed by atoms with E-state index < -0.39 is 14.9 Å². The zero-order chi connectivity index (χ0) is 8.97. The molecule has 0 heterocycles. The maximum atomic E-state index is 11.3. The summed E-state index contributed by atoms with van der Waals surface area (Å²) in [6.45, 7) is 2.28. The van der Waals surface area contributed by atoms with E-state index in [0.717, 1.165) is 0 Å². The number of phenolic OH excluding ortho intramolecular Hbond substituents is 1. The van der Waals surface area contributed by atoms with Gasteiger partial charge < -0.3 is 0 Å². The molecule has 1 aromatic carbocycles. The number of phenols is 1. The molecule has 0 fully saturated rings. The van der Waals surface area contributed by atoms with Gasteiger partial charge in [0.05, 0.1) is 0 Å². The van der Waals surface area contributed by atoms with Crippen LogP contribution in [0.2, 0.25) is 0 Å². The van der Waals surface area contributed by atoms with Crippen molar-refractivity contribution in [1.29, 1.82) is 0 Å². The fourth-order valence-electron chi connectivity index (χ4n) is 0.812. The van der Waals surface area contributed by atoms with E-state index in [4.69, 9.17) is 8.83 Å². The summed E-state index contributed by atoms with van der Waals surface area (Å²) < 4.78 is 17.0. The Balaban J connectivity index is 2.75. The molecule has 1 atom stereocenters. The van der Waals surface area contributed by atoms with Crippen LogP contribution in [0.15, 0.2) is 24.3 Å². The molecule has 0 aliphatic rings. The first-order valence-electron chi connectivity index (χ1n) is 3.70. The topological polar surface area (TPSA) is 46.5 Å². The summed E-state index contributed by atoms with van der Waals surface area (Å²) in [5.41, 5.74) is 0. The van der Waals surface area contributed by atoms with Crippen LogP contribution in [-0.4, -0.2) is 26.6 Å². The summed E-state index contributed by atoms with van der Waals surface area (Å²) in [6, 6.07) is 6.29. The Bertz CT molecular complexity index is 268. The molecular formula is C8H11AsO3. The van der Waals surface area contributed by atoms with Crippen molar-refractivity contribution < 1.29 is 12.6 Å². The fraction of sp³-hybridized carbons (Fsp3) is 0.250. The molecule has 0 saturated heterocycles. The average molecular weight is 230 g/mol. The minimum atomic E-state index is -2.70. The Morgan fingerprint density at radius 2 is 2.00 bits per heavy atom. The van der Waals surface area contributed by atoms with Gasteiger partial charge in [-0.25, -0.2) is 0 Å². The third kappa shape index (κ3) is 2.43. The van der Waals surface area contributed by atoms with Crippen LogP contribution in [0.5, 0.6) is 5.75 Å². The van der Waals surface area contributed by atoms with Gasteiger partial charge in [-0.05, 0) is 0 Å². The van der Waals surface area contributed by atoms with Gasteiger partial charge in [0.15, 0.2) is 0 Å². The molecule has 0 spiro atoms. The molecule has 3 nitrogen and oxygen atoms in total. The van der Waals surface area contributed by atoms with Crippen LogP contribution in [0, 0.1) is 0 Å². The third-order valence-corrected chi connectivity index (χ3v) is 4.22. The number of rotatable bonds is 3. The van der Waals surface area contributed by atoms with Gasteiger partial charge in [0.2, 0.25) is 0 Å². The zero-order valence-corrected chi connectivity index (χ0v) is 8.88. The number of aromatic hydroxyl groups is 1. The molecule has 0 aromatic heterocycles. The van der Waals surface area contributed by atoms with Crippen LogP contribution >= 0.6 is 0 Å². The predicted molar refractivity (Wildman–Crippen MR) is 47.2 cm³/mol. The third-order valence-electron chi connectivity index (χ3n) is 1.38. The Morgan fingerprint density at radius 1 is 1.42 bits per heavy atom. The molecule has 1 aromatic rings. The van der Waals surface area contributed by atoms with Gasteiger partial charge in [0.25, 0.3) is 0 Å². The molecule has 4 heteroatoms. The van der Waals surface area contributed by atoms with Crippen molar-refractivity contribution in [3.8, 4) is 5.75 Å². The van der Waals surface area contributed by atoms with Crippen molar-refractivity contribution in [2.45, 2.75) is 6.92 Å². The molecule has 1 rings (SSSR count). The fourth-order valence-corrected chi connectivity index (χ4v) is 2.63. The van der Waals surface area contributed by atoms with Gasteiger partial charge in [0.1, 0.15) is 0 Å². The molecule has 0 aliphatic carbocycles. The molecule has 0 aliphatic heterocycles. The van der Waals surface area contributed by atoms with Crippen LogP contribution in [0.1, 0.15) is 6.92 Å². The molecule has 0 bridgehead atoms. The van der Waals surface area contributed by atoms with E-state index in [2.05, 4.69) is 0 Å². The van der Waals surface area contributed by atoms with E-state index in [0.29, 0.717) is 11.0 Å². The number of hydrogen-bond donors (Lipinski definition) is 1. The van der Waals surface area contributed by atoms with Crippen molar-refractivity contribution in [3.63, 3.8) is 0 Å². The Morgan fingerprint density at radius 3 is 2.50 bits per heavy atom. The molecule has 0 saturated carbocycles. The van der Waals surface area contributed by atoms with E-state index in [1.165, 1.54) is 12.1 Å². The molecule has 12 heavy (non-hydrogen) atoms. The summed E-state index contributed by atoms with van der Waals surface area (Å²) in [7, 11) is 0. The summed E-state index contributed by atoms with van der Waals surface area (Å²) in [4.78, 5) is 0. The predicted octanol–water partition coefficient (Wildman–Crippen LogP) is 0.287. The van der Waals surface area contributed by atoms with Gasteiger partial charge in [-0.2, -0.15) is 0 Å². The van der Waals surface area contributed by atoms with Gasteiger partial charge in [-0.1, -0.05) is 0 Å². The monoisotopic (exact) mass is 230 g/mol. The Hall–Kier alpha value is -0.662. The van der Waals surface area contributed by atoms with E-state index in [1.807, 2.05) is 6.92 Å². The van der Waals surface area contributed by atoms with Gasteiger partial charge in [0, 0.05) is 0 Å². The van der Waals surface area contributed by atoms with Crippen molar-refractivity contribution in [2.24, 2.45) is 0 Å². The Labute approximate surface area is 75.8 Å². The van der Waals surface area contributed by atoms with Crippen molar-refractivity contribution in [2.75, 3.05) is 6.61 Å². The van der Waals surface area contributed by atoms with Gasteiger partial charge in [-0.3, -0.25) is 0 Å². The quantitative estimate of drug-likeness (QED) is 0.759. The Kier molecular flexibility index (Phi) is 3.44. The van der Waals surface area contributed by atoms with Crippen LogP contribution in [0.3, 0.4) is 0 Å². The van der Waals surface area contributed by atoms with Crippen LogP contribution in [-0.2, 0) is 7.47 Å². The number of benzene rings is 1. The SMILES string of the molecule is CCO[AsH](=O)c1ccc(O)cc1.